The monoisotopic (exact) mass is 168 g/mol. The van der Waals surface area contributed by atoms with Crippen molar-refractivity contribution in [1.29, 1.82) is 0 Å². The van der Waals surface area contributed by atoms with Gasteiger partial charge in [-0.25, -0.2) is 0 Å². The summed E-state index contributed by atoms with van der Waals surface area (Å²) in [5.74, 6) is 0. The van der Waals surface area contributed by atoms with Crippen LogP contribution in [0.3, 0.4) is 0 Å². The van der Waals surface area contributed by atoms with E-state index in [1.807, 2.05) is 0 Å². The molecule has 1 unspecified atom stereocenters. The summed E-state index contributed by atoms with van der Waals surface area (Å²) in [4.78, 5) is 3.94. The van der Waals surface area contributed by atoms with Gasteiger partial charge in [-0.1, -0.05) is 0 Å². The van der Waals surface area contributed by atoms with E-state index in [0.29, 0.717) is 0 Å². The molecule has 1 heterocycles. The van der Waals surface area contributed by atoms with Crippen LogP contribution in [0.4, 0.5) is 0 Å². The number of aliphatic imine (C=N–C) groups is 1. The van der Waals surface area contributed by atoms with E-state index >= 15 is 0 Å². The largest absolute Gasteiger partial charge is 0.404 e. The van der Waals surface area contributed by atoms with Crippen LogP contribution < -0.4 is 5.73 Å². The molecule has 1 saturated heterocycles. The van der Waals surface area contributed by atoms with Crippen LogP contribution in [0.25, 0.3) is 0 Å². The van der Waals surface area contributed by atoms with Crippen LogP contribution in [0.15, 0.2) is 16.8 Å². The van der Waals surface area contributed by atoms with Gasteiger partial charge in [-0.05, 0) is 19.8 Å². The molecule has 12 heavy (non-hydrogen) atoms. The fraction of sp³-hybridized carbons (Fsp3) is 0.667. The highest BCUT2D eigenvalue weighted by atomic mass is 16.5. The van der Waals surface area contributed by atoms with Gasteiger partial charge in [-0.2, -0.15) is 0 Å². The Morgan fingerprint density at radius 1 is 1.67 bits per heavy atom. The maximum Gasteiger partial charge on any atom is 0.0932 e. The number of nitrogens with zero attached hydrogens (tertiary/aromatic N) is 1. The van der Waals surface area contributed by atoms with Crippen LogP contribution in [0.5, 0.6) is 0 Å². The molecule has 0 aromatic carbocycles. The third-order valence-corrected chi connectivity index (χ3v) is 2.28. The molecule has 3 nitrogen and oxygen atoms in total. The molecule has 1 rings (SSSR count). The highest BCUT2D eigenvalue weighted by Gasteiger charge is 2.32. The van der Waals surface area contributed by atoms with Crippen molar-refractivity contribution in [2.24, 2.45) is 10.7 Å². The minimum atomic E-state index is -0.200. The summed E-state index contributed by atoms with van der Waals surface area (Å²) in [6.07, 6.45) is 5.48. The van der Waals surface area contributed by atoms with Gasteiger partial charge in [0.25, 0.3) is 0 Å². The molecule has 0 radical (unpaired) electrons. The van der Waals surface area contributed by atoms with Crippen molar-refractivity contribution in [2.75, 3.05) is 13.7 Å². The van der Waals surface area contributed by atoms with E-state index in [1.54, 1.807) is 19.5 Å². The molecule has 1 aliphatic heterocycles. The van der Waals surface area contributed by atoms with Crippen molar-refractivity contribution in [1.82, 2.24) is 0 Å². The normalized spacial score (nSPS) is 31.7. The molecule has 1 aliphatic rings. The van der Waals surface area contributed by atoms with E-state index in [4.69, 9.17) is 10.5 Å². The molecule has 0 amide bonds. The predicted molar refractivity (Wildman–Crippen MR) is 50.3 cm³/mol. The van der Waals surface area contributed by atoms with Crippen LogP contribution in [0, 0.1) is 0 Å². The van der Waals surface area contributed by atoms with Crippen LogP contribution in [-0.4, -0.2) is 25.5 Å². The quantitative estimate of drug-likeness (QED) is 0.627. The molecule has 1 fully saturated rings. The van der Waals surface area contributed by atoms with Gasteiger partial charge in [0.2, 0.25) is 0 Å². The molecule has 0 saturated carbocycles. The Bertz CT molecular complexity index is 203. The first-order valence-electron chi connectivity index (χ1n) is 4.21. The third-order valence-electron chi connectivity index (χ3n) is 2.28. The summed E-state index contributed by atoms with van der Waals surface area (Å²) in [7, 11) is 1.74. The first-order valence-corrected chi connectivity index (χ1v) is 4.21. The molecule has 68 valence electrons. The average molecular weight is 168 g/mol. The lowest BCUT2D eigenvalue weighted by Gasteiger charge is -2.23. The van der Waals surface area contributed by atoms with Gasteiger partial charge >= 0.3 is 0 Å². The van der Waals surface area contributed by atoms with E-state index < -0.39 is 0 Å². The molecule has 0 bridgehead atoms. The van der Waals surface area contributed by atoms with Crippen molar-refractivity contribution in [3.63, 3.8) is 0 Å². The van der Waals surface area contributed by atoms with Crippen LogP contribution in [-0.2, 0) is 4.74 Å². The molecule has 0 aromatic heterocycles. The zero-order valence-electron chi connectivity index (χ0n) is 7.71. The van der Waals surface area contributed by atoms with E-state index in [9.17, 15) is 0 Å². The molecule has 2 N–H and O–H groups in total. The molecule has 3 heteroatoms. The number of ether oxygens (including phenoxy) is 1. The lowest BCUT2D eigenvalue weighted by Crippen LogP contribution is -2.27. The molecule has 0 aliphatic carbocycles. The van der Waals surface area contributed by atoms with Gasteiger partial charge in [0, 0.05) is 31.6 Å². The summed E-state index contributed by atoms with van der Waals surface area (Å²) < 4.78 is 5.61. The summed E-state index contributed by atoms with van der Waals surface area (Å²) >= 11 is 0. The van der Waals surface area contributed by atoms with Crippen molar-refractivity contribution in [3.8, 4) is 0 Å². The minimum absolute atomic E-state index is 0.200. The smallest absolute Gasteiger partial charge is 0.0932 e. The first kappa shape index (κ1) is 9.26. The van der Waals surface area contributed by atoms with Gasteiger partial charge < -0.3 is 10.5 Å². The Labute approximate surface area is 73.3 Å². The molecule has 0 aromatic rings. The van der Waals surface area contributed by atoms with Crippen molar-refractivity contribution in [2.45, 2.75) is 25.4 Å². The van der Waals surface area contributed by atoms with Crippen molar-refractivity contribution in [3.05, 3.63) is 11.8 Å². The second-order valence-electron chi connectivity index (χ2n) is 3.19. The minimum Gasteiger partial charge on any atom is -0.404 e. The molecular formula is C9H16N2O. The number of nitrogens with two attached hydrogens (primary N) is 1. The summed E-state index contributed by atoms with van der Waals surface area (Å²) in [5, 5.41) is 0. The van der Waals surface area contributed by atoms with Crippen LogP contribution >= 0.6 is 0 Å². The zero-order valence-corrected chi connectivity index (χ0v) is 7.71. The Morgan fingerprint density at radius 3 is 2.83 bits per heavy atom. The lowest BCUT2D eigenvalue weighted by molar-refractivity contribution is 0.0563. The number of hydrogen-bond acceptors (Lipinski definition) is 3. The van der Waals surface area contributed by atoms with E-state index in [2.05, 4.69) is 11.9 Å². The van der Waals surface area contributed by atoms with Gasteiger partial charge in [0.1, 0.15) is 0 Å². The zero-order chi connectivity index (χ0) is 9.03. The number of hydrogen-bond donors (Lipinski definition) is 1. The highest BCUT2D eigenvalue weighted by Crippen LogP contribution is 2.30. The molecule has 0 spiro atoms. The topological polar surface area (TPSA) is 47.6 Å². The van der Waals surface area contributed by atoms with Gasteiger partial charge in [0.05, 0.1) is 5.60 Å². The Hall–Kier alpha value is -0.830. The fourth-order valence-corrected chi connectivity index (χ4v) is 1.50. The standard InChI is InChI=1S/C9H16N2O/c1-9(4-3-5-12-9)8(6-10)7-11-2/h6-7H,3-5,10H2,1-2H3/b8-6+,11-7?. The van der Waals surface area contributed by atoms with Gasteiger partial charge in [-0.15, -0.1) is 0 Å². The third kappa shape index (κ3) is 1.67. The molecule has 1 atom stereocenters. The van der Waals surface area contributed by atoms with Crippen molar-refractivity contribution < 1.29 is 4.74 Å². The van der Waals surface area contributed by atoms with Crippen LogP contribution in [0.2, 0.25) is 0 Å². The Morgan fingerprint density at radius 2 is 2.42 bits per heavy atom. The number of rotatable bonds is 2. The first-order chi connectivity index (χ1) is 5.73. The van der Waals surface area contributed by atoms with E-state index in [-0.39, 0.29) is 5.60 Å². The average Bonchev–Trinajstić information content (AvgIpc) is 2.49. The lowest BCUT2D eigenvalue weighted by atomic mass is 9.94. The summed E-state index contributed by atoms with van der Waals surface area (Å²) in [6, 6.07) is 0. The molecular weight excluding hydrogens is 152 g/mol. The highest BCUT2D eigenvalue weighted by molar-refractivity contribution is 5.81. The Kier molecular flexibility index (Phi) is 2.87. The SMILES string of the molecule is CN=C/C(=C\N)C1(C)CCCO1. The fourth-order valence-electron chi connectivity index (χ4n) is 1.50. The van der Waals surface area contributed by atoms with Crippen molar-refractivity contribution >= 4 is 6.21 Å². The maximum atomic E-state index is 5.61. The van der Waals surface area contributed by atoms with Gasteiger partial charge in [-0.3, -0.25) is 4.99 Å². The van der Waals surface area contributed by atoms with E-state index in [1.165, 1.54) is 0 Å². The van der Waals surface area contributed by atoms with Crippen LogP contribution in [0.1, 0.15) is 19.8 Å². The second kappa shape index (κ2) is 3.72. The summed E-state index contributed by atoms with van der Waals surface area (Å²) in [5.41, 5.74) is 6.26. The predicted octanol–water partition coefficient (Wildman–Crippen LogP) is 1.10. The second-order valence-corrected chi connectivity index (χ2v) is 3.19. The Balaban J connectivity index is 2.77. The van der Waals surface area contributed by atoms with Gasteiger partial charge in [0.15, 0.2) is 0 Å². The maximum absolute atomic E-state index is 5.61. The summed E-state index contributed by atoms with van der Waals surface area (Å²) in [6.45, 7) is 2.88. The van der Waals surface area contributed by atoms with E-state index in [0.717, 1.165) is 25.0 Å².